The Morgan fingerprint density at radius 3 is 2.75 bits per heavy atom. The van der Waals surface area contributed by atoms with E-state index in [0.29, 0.717) is 5.25 Å². The fraction of sp³-hybridized carbons (Fsp3) is 0.667. The van der Waals surface area contributed by atoms with Gasteiger partial charge in [-0.05, 0) is 6.42 Å². The Kier molecular flexibility index (Phi) is 1.84. The highest BCUT2D eigenvalue weighted by molar-refractivity contribution is 7.85. The van der Waals surface area contributed by atoms with Crippen molar-refractivity contribution in [3.63, 3.8) is 0 Å². The molecule has 0 N–H and O–H groups in total. The van der Waals surface area contributed by atoms with Crippen molar-refractivity contribution < 1.29 is 4.21 Å². The largest absolute Gasteiger partial charge is 0.259 e. The van der Waals surface area contributed by atoms with Crippen molar-refractivity contribution in [2.75, 3.05) is 5.75 Å². The average Bonchev–Trinajstić information content (AvgIpc) is 1.77. The third-order valence-electron chi connectivity index (χ3n) is 1.34. The molecule has 0 aliphatic carbocycles. The van der Waals surface area contributed by atoms with Gasteiger partial charge in [0.05, 0.1) is 0 Å². The molecule has 0 amide bonds. The summed E-state index contributed by atoms with van der Waals surface area (Å²) < 4.78 is 10.9. The molecule has 46 valence electrons. The zero-order chi connectivity index (χ0) is 5.98. The Balaban J connectivity index is 2.57. The minimum Gasteiger partial charge on any atom is -0.259 e. The van der Waals surface area contributed by atoms with Crippen LogP contribution in [-0.2, 0) is 10.8 Å². The van der Waals surface area contributed by atoms with Crippen LogP contribution in [-0.4, -0.2) is 15.2 Å². The SMILES string of the molecule is CC1CC=CCS1=O. The van der Waals surface area contributed by atoms with Crippen LogP contribution in [0, 0.1) is 0 Å². The van der Waals surface area contributed by atoms with Crippen LogP contribution in [0.3, 0.4) is 0 Å². The van der Waals surface area contributed by atoms with Gasteiger partial charge in [0, 0.05) is 21.8 Å². The Hall–Kier alpha value is -0.110. The summed E-state index contributed by atoms with van der Waals surface area (Å²) in [6, 6.07) is 0. The van der Waals surface area contributed by atoms with Gasteiger partial charge in [-0.15, -0.1) is 0 Å². The number of rotatable bonds is 0. The first-order chi connectivity index (χ1) is 3.80. The minimum atomic E-state index is -0.572. The maximum absolute atomic E-state index is 10.9. The summed E-state index contributed by atoms with van der Waals surface area (Å²) in [6.07, 6.45) is 5.09. The lowest BCUT2D eigenvalue weighted by Gasteiger charge is -2.10. The normalized spacial score (nSPS) is 37.6. The maximum atomic E-state index is 10.9. The first kappa shape index (κ1) is 6.02. The van der Waals surface area contributed by atoms with Crippen LogP contribution in [0.2, 0.25) is 0 Å². The predicted octanol–water partition coefficient (Wildman–Crippen LogP) is 1.08. The Bertz CT molecular complexity index is 128. The van der Waals surface area contributed by atoms with E-state index in [2.05, 4.69) is 6.08 Å². The number of hydrogen-bond acceptors (Lipinski definition) is 1. The first-order valence-corrected chi connectivity index (χ1v) is 4.21. The van der Waals surface area contributed by atoms with Gasteiger partial charge in [-0.3, -0.25) is 4.21 Å². The molecule has 0 spiro atoms. The van der Waals surface area contributed by atoms with Gasteiger partial charge < -0.3 is 0 Å². The van der Waals surface area contributed by atoms with Crippen LogP contribution in [0.15, 0.2) is 12.2 Å². The van der Waals surface area contributed by atoms with Crippen molar-refractivity contribution in [2.24, 2.45) is 0 Å². The Morgan fingerprint density at radius 1 is 1.62 bits per heavy atom. The molecular weight excluding hydrogens is 120 g/mol. The van der Waals surface area contributed by atoms with E-state index in [4.69, 9.17) is 0 Å². The highest BCUT2D eigenvalue weighted by Gasteiger charge is 2.10. The Morgan fingerprint density at radius 2 is 2.38 bits per heavy atom. The van der Waals surface area contributed by atoms with Crippen LogP contribution in [0.1, 0.15) is 13.3 Å². The van der Waals surface area contributed by atoms with E-state index in [0.717, 1.165) is 12.2 Å². The van der Waals surface area contributed by atoms with Gasteiger partial charge in [0.15, 0.2) is 0 Å². The summed E-state index contributed by atoms with van der Waals surface area (Å²) in [4.78, 5) is 0. The van der Waals surface area contributed by atoms with Crippen LogP contribution >= 0.6 is 0 Å². The second kappa shape index (κ2) is 2.44. The Labute approximate surface area is 52.2 Å². The van der Waals surface area contributed by atoms with E-state index in [1.165, 1.54) is 0 Å². The van der Waals surface area contributed by atoms with E-state index >= 15 is 0 Å². The van der Waals surface area contributed by atoms with Crippen molar-refractivity contribution in [3.05, 3.63) is 12.2 Å². The van der Waals surface area contributed by atoms with Crippen molar-refractivity contribution in [1.82, 2.24) is 0 Å². The highest BCUT2D eigenvalue weighted by Crippen LogP contribution is 2.07. The van der Waals surface area contributed by atoms with Crippen LogP contribution in [0.5, 0.6) is 0 Å². The fourth-order valence-corrected chi connectivity index (χ4v) is 1.70. The van der Waals surface area contributed by atoms with Crippen LogP contribution in [0.25, 0.3) is 0 Å². The molecule has 0 fully saturated rings. The van der Waals surface area contributed by atoms with Crippen molar-refractivity contribution in [2.45, 2.75) is 18.6 Å². The summed E-state index contributed by atoms with van der Waals surface area (Å²) in [5, 5.41) is 0.389. The molecule has 0 radical (unpaired) electrons. The molecule has 1 aliphatic rings. The van der Waals surface area contributed by atoms with Crippen molar-refractivity contribution >= 4 is 10.8 Å². The smallest absolute Gasteiger partial charge is 0.0418 e. The van der Waals surface area contributed by atoms with Gasteiger partial charge in [-0.2, -0.15) is 0 Å². The monoisotopic (exact) mass is 130 g/mol. The predicted molar refractivity (Wildman–Crippen MR) is 36.2 cm³/mol. The molecule has 0 aromatic carbocycles. The quantitative estimate of drug-likeness (QED) is 0.448. The van der Waals surface area contributed by atoms with Crippen molar-refractivity contribution in [1.29, 1.82) is 0 Å². The third-order valence-corrected chi connectivity index (χ3v) is 2.95. The summed E-state index contributed by atoms with van der Waals surface area (Å²) in [5.41, 5.74) is 0. The molecule has 8 heavy (non-hydrogen) atoms. The van der Waals surface area contributed by atoms with Gasteiger partial charge in [0.25, 0.3) is 0 Å². The van der Waals surface area contributed by atoms with Crippen LogP contribution in [0.4, 0.5) is 0 Å². The standard InChI is InChI=1S/C6H10OS/c1-6-4-2-3-5-8(6)7/h2-3,6H,4-5H2,1H3. The minimum absolute atomic E-state index is 0.389. The molecule has 0 saturated heterocycles. The summed E-state index contributed by atoms with van der Waals surface area (Å²) in [6.45, 7) is 2.03. The zero-order valence-corrected chi connectivity index (χ0v) is 5.78. The lowest BCUT2D eigenvalue weighted by molar-refractivity contribution is 0.673. The van der Waals surface area contributed by atoms with Gasteiger partial charge in [0.1, 0.15) is 0 Å². The van der Waals surface area contributed by atoms with Gasteiger partial charge in [-0.25, -0.2) is 0 Å². The second-order valence-electron chi connectivity index (χ2n) is 2.07. The molecule has 2 unspecified atom stereocenters. The summed E-state index contributed by atoms with van der Waals surface area (Å²) >= 11 is 0. The van der Waals surface area contributed by atoms with Gasteiger partial charge in [0.2, 0.25) is 0 Å². The molecular formula is C6H10OS. The maximum Gasteiger partial charge on any atom is 0.0418 e. The topological polar surface area (TPSA) is 17.1 Å². The van der Waals surface area contributed by atoms with E-state index in [-0.39, 0.29) is 0 Å². The fourth-order valence-electron chi connectivity index (χ4n) is 0.722. The molecule has 0 aromatic heterocycles. The second-order valence-corrected chi connectivity index (χ2v) is 3.96. The first-order valence-electron chi connectivity index (χ1n) is 2.83. The van der Waals surface area contributed by atoms with Crippen molar-refractivity contribution in [3.8, 4) is 0 Å². The molecule has 1 heterocycles. The van der Waals surface area contributed by atoms with E-state index in [1.54, 1.807) is 0 Å². The molecule has 0 saturated carbocycles. The average molecular weight is 130 g/mol. The van der Waals surface area contributed by atoms with E-state index in [1.807, 2.05) is 13.0 Å². The molecule has 1 aliphatic heterocycles. The number of allylic oxidation sites excluding steroid dienone is 1. The van der Waals surface area contributed by atoms with Gasteiger partial charge >= 0.3 is 0 Å². The molecule has 1 nitrogen and oxygen atoms in total. The zero-order valence-electron chi connectivity index (χ0n) is 4.96. The molecule has 0 bridgehead atoms. The molecule has 2 heteroatoms. The molecule has 0 aromatic rings. The lowest BCUT2D eigenvalue weighted by Crippen LogP contribution is -2.14. The summed E-state index contributed by atoms with van der Waals surface area (Å²) in [5.74, 6) is 0.765. The van der Waals surface area contributed by atoms with E-state index in [9.17, 15) is 4.21 Å². The summed E-state index contributed by atoms with van der Waals surface area (Å²) in [7, 11) is -0.572. The van der Waals surface area contributed by atoms with Crippen LogP contribution < -0.4 is 0 Å². The van der Waals surface area contributed by atoms with Gasteiger partial charge in [-0.1, -0.05) is 19.1 Å². The third kappa shape index (κ3) is 1.19. The molecule has 2 atom stereocenters. The van der Waals surface area contributed by atoms with E-state index < -0.39 is 10.8 Å². The molecule has 1 rings (SSSR count). The lowest BCUT2D eigenvalue weighted by atomic mass is 10.3. The number of hydrogen-bond donors (Lipinski definition) is 0. The highest BCUT2D eigenvalue weighted by atomic mass is 32.2.